The maximum absolute atomic E-state index is 9.95. The van der Waals surface area contributed by atoms with Crippen LogP contribution in [0.5, 0.6) is 0 Å². The fourth-order valence-electron chi connectivity index (χ4n) is 3.12. The number of aliphatic hydroxyl groups is 1. The molecule has 0 atom stereocenters. The fraction of sp³-hybridized carbons (Fsp3) is 0.0952. The van der Waals surface area contributed by atoms with E-state index in [1.54, 1.807) is 17.7 Å². The first-order valence-corrected chi connectivity index (χ1v) is 8.33. The van der Waals surface area contributed by atoms with Gasteiger partial charge < -0.3 is 9.67 Å². The Hall–Kier alpha value is -3.41. The zero-order chi connectivity index (χ0) is 18.8. The molecule has 0 unspecified atom stereocenters. The van der Waals surface area contributed by atoms with Crippen LogP contribution in [0.2, 0.25) is 0 Å². The van der Waals surface area contributed by atoms with Gasteiger partial charge in [0.15, 0.2) is 0 Å². The van der Waals surface area contributed by atoms with E-state index >= 15 is 0 Å². The number of hydrogen-bond donors (Lipinski definition) is 1. The van der Waals surface area contributed by atoms with Crippen molar-refractivity contribution in [2.45, 2.75) is 6.92 Å². The van der Waals surface area contributed by atoms with Crippen LogP contribution in [0, 0.1) is 29.6 Å². The van der Waals surface area contributed by atoms with Gasteiger partial charge in [-0.05, 0) is 41.9 Å². The Kier molecular flexibility index (Phi) is 4.58. The SMILES string of the molecule is Cc1c(C#N)c(-c2ccc(-c3ccccc3C#N)cc2)c(C(O)=S)n1C. The molecule has 1 aromatic heterocycles. The zero-order valence-corrected chi connectivity index (χ0v) is 15.1. The van der Waals surface area contributed by atoms with Gasteiger partial charge in [-0.25, -0.2) is 0 Å². The van der Waals surface area contributed by atoms with Gasteiger partial charge in [0.05, 0.1) is 17.2 Å². The van der Waals surface area contributed by atoms with E-state index in [1.807, 2.05) is 49.4 Å². The number of hydrogen-bond acceptors (Lipinski definition) is 3. The van der Waals surface area contributed by atoms with E-state index in [4.69, 9.17) is 12.2 Å². The van der Waals surface area contributed by atoms with Crippen LogP contribution in [-0.2, 0) is 7.05 Å². The maximum Gasteiger partial charge on any atom is 0.206 e. The Morgan fingerprint density at radius 1 is 1.00 bits per heavy atom. The summed E-state index contributed by atoms with van der Waals surface area (Å²) >= 11 is 4.98. The molecular formula is C21H15N3OS. The maximum atomic E-state index is 9.95. The van der Waals surface area contributed by atoms with E-state index in [2.05, 4.69) is 12.1 Å². The lowest BCUT2D eigenvalue weighted by molar-refractivity contribution is 0.564. The molecule has 0 aliphatic carbocycles. The molecule has 0 aliphatic rings. The molecule has 0 bridgehead atoms. The van der Waals surface area contributed by atoms with Gasteiger partial charge in [-0.3, -0.25) is 0 Å². The first kappa shape index (κ1) is 17.4. The Balaban J connectivity index is 2.17. The molecule has 5 heteroatoms. The fourth-order valence-corrected chi connectivity index (χ4v) is 3.36. The molecule has 4 nitrogen and oxygen atoms in total. The van der Waals surface area contributed by atoms with Crippen LogP contribution in [0.1, 0.15) is 22.5 Å². The summed E-state index contributed by atoms with van der Waals surface area (Å²) in [6.45, 7) is 1.82. The molecule has 26 heavy (non-hydrogen) atoms. The average molecular weight is 357 g/mol. The number of rotatable bonds is 3. The third-order valence-corrected chi connectivity index (χ3v) is 4.73. The molecule has 0 saturated heterocycles. The molecule has 3 aromatic rings. The van der Waals surface area contributed by atoms with Crippen LogP contribution >= 0.6 is 12.2 Å². The van der Waals surface area contributed by atoms with Crippen LogP contribution in [0.15, 0.2) is 48.5 Å². The molecule has 0 saturated carbocycles. The highest BCUT2D eigenvalue weighted by Crippen LogP contribution is 2.34. The van der Waals surface area contributed by atoms with E-state index < -0.39 is 0 Å². The largest absolute Gasteiger partial charge is 0.497 e. The minimum Gasteiger partial charge on any atom is -0.497 e. The van der Waals surface area contributed by atoms with Crippen molar-refractivity contribution in [3.8, 4) is 34.4 Å². The van der Waals surface area contributed by atoms with Gasteiger partial charge in [-0.2, -0.15) is 10.5 Å². The second kappa shape index (κ2) is 6.84. The number of benzene rings is 2. The van der Waals surface area contributed by atoms with Crippen LogP contribution in [0.3, 0.4) is 0 Å². The summed E-state index contributed by atoms with van der Waals surface area (Å²) in [6, 6.07) is 19.4. The summed E-state index contributed by atoms with van der Waals surface area (Å²) in [5.74, 6) is 0. The number of thiocarbonyl (C=S) groups is 1. The molecule has 0 aliphatic heterocycles. The molecule has 3 rings (SSSR count). The molecule has 0 amide bonds. The summed E-state index contributed by atoms with van der Waals surface area (Å²) < 4.78 is 1.73. The second-order valence-corrected chi connectivity index (χ2v) is 6.28. The van der Waals surface area contributed by atoms with Crippen molar-refractivity contribution < 1.29 is 5.11 Å². The van der Waals surface area contributed by atoms with Gasteiger partial charge in [0.2, 0.25) is 5.05 Å². The molecule has 0 radical (unpaired) electrons. The van der Waals surface area contributed by atoms with Gasteiger partial charge in [-0.15, -0.1) is 0 Å². The summed E-state index contributed by atoms with van der Waals surface area (Å²) in [5, 5.41) is 28.5. The highest BCUT2D eigenvalue weighted by molar-refractivity contribution is 7.80. The highest BCUT2D eigenvalue weighted by Gasteiger charge is 2.22. The quantitative estimate of drug-likeness (QED) is 0.693. The van der Waals surface area contributed by atoms with Crippen molar-refractivity contribution in [3.05, 3.63) is 71.0 Å². The van der Waals surface area contributed by atoms with Gasteiger partial charge in [-0.1, -0.05) is 42.5 Å². The second-order valence-electron chi connectivity index (χ2n) is 5.89. The highest BCUT2D eigenvalue weighted by atomic mass is 32.1. The summed E-state index contributed by atoms with van der Waals surface area (Å²) in [7, 11) is 1.77. The van der Waals surface area contributed by atoms with Gasteiger partial charge in [0.1, 0.15) is 11.8 Å². The smallest absolute Gasteiger partial charge is 0.206 e. The van der Waals surface area contributed by atoms with E-state index in [1.165, 1.54) is 0 Å². The summed E-state index contributed by atoms with van der Waals surface area (Å²) in [6.07, 6.45) is 0. The Labute approximate surface area is 157 Å². The Bertz CT molecular complexity index is 1100. The standard InChI is InChI=1S/C21H15N3OS/c1-13-18(12-23)19(20(21(25)26)24(13)2)15-9-7-14(8-10-15)17-6-4-3-5-16(17)11-22/h3-10H,1-2H3,(H,25,26). The minimum absolute atomic E-state index is 0.244. The topological polar surface area (TPSA) is 72.7 Å². The normalized spacial score (nSPS) is 10.2. The summed E-state index contributed by atoms with van der Waals surface area (Å²) in [4.78, 5) is 0. The van der Waals surface area contributed by atoms with E-state index in [9.17, 15) is 15.6 Å². The van der Waals surface area contributed by atoms with Gasteiger partial charge >= 0.3 is 0 Å². The molecular weight excluding hydrogens is 342 g/mol. The van der Waals surface area contributed by atoms with Gasteiger partial charge in [0.25, 0.3) is 0 Å². The number of nitriles is 2. The first-order chi connectivity index (χ1) is 12.5. The molecule has 2 aromatic carbocycles. The Morgan fingerprint density at radius 2 is 1.62 bits per heavy atom. The zero-order valence-electron chi connectivity index (χ0n) is 14.3. The van der Waals surface area contributed by atoms with Crippen LogP contribution in [0.25, 0.3) is 22.3 Å². The molecule has 126 valence electrons. The molecule has 0 fully saturated rings. The Morgan fingerprint density at radius 3 is 2.19 bits per heavy atom. The van der Waals surface area contributed by atoms with Crippen molar-refractivity contribution in [1.29, 1.82) is 10.5 Å². The first-order valence-electron chi connectivity index (χ1n) is 7.92. The van der Waals surface area contributed by atoms with Crippen molar-refractivity contribution in [2.24, 2.45) is 7.05 Å². The summed E-state index contributed by atoms with van der Waals surface area (Å²) in [5.41, 5.74) is 5.46. The predicted molar refractivity (Wildman–Crippen MR) is 105 cm³/mol. The molecule has 0 spiro atoms. The number of aliphatic hydroxyl groups excluding tert-OH is 1. The van der Waals surface area contributed by atoms with Crippen molar-refractivity contribution in [1.82, 2.24) is 4.57 Å². The van der Waals surface area contributed by atoms with Crippen LogP contribution < -0.4 is 0 Å². The van der Waals surface area contributed by atoms with Crippen LogP contribution in [0.4, 0.5) is 0 Å². The molecule has 1 heterocycles. The monoisotopic (exact) mass is 357 g/mol. The van der Waals surface area contributed by atoms with E-state index in [-0.39, 0.29) is 5.05 Å². The van der Waals surface area contributed by atoms with Crippen molar-refractivity contribution in [3.63, 3.8) is 0 Å². The van der Waals surface area contributed by atoms with E-state index in [0.29, 0.717) is 22.4 Å². The number of aromatic nitrogens is 1. The predicted octanol–water partition coefficient (Wildman–Crippen LogP) is 4.64. The van der Waals surface area contributed by atoms with Crippen molar-refractivity contribution >= 4 is 17.3 Å². The lowest BCUT2D eigenvalue weighted by Gasteiger charge is -2.08. The molecule has 1 N–H and O–H groups in total. The lowest BCUT2D eigenvalue weighted by atomic mass is 9.96. The minimum atomic E-state index is -0.244. The lowest BCUT2D eigenvalue weighted by Crippen LogP contribution is -2.05. The van der Waals surface area contributed by atoms with E-state index in [0.717, 1.165) is 22.4 Å². The van der Waals surface area contributed by atoms with Crippen molar-refractivity contribution in [2.75, 3.05) is 0 Å². The van der Waals surface area contributed by atoms with Crippen LogP contribution in [-0.4, -0.2) is 14.7 Å². The third kappa shape index (κ3) is 2.75. The average Bonchev–Trinajstić information content (AvgIpc) is 2.92. The third-order valence-electron chi connectivity index (χ3n) is 4.53. The van der Waals surface area contributed by atoms with Gasteiger partial charge in [0, 0.05) is 18.3 Å². The number of nitrogens with zero attached hydrogens (tertiary/aromatic N) is 3.